The first-order valence-electron chi connectivity index (χ1n) is 4.47. The van der Waals surface area contributed by atoms with E-state index in [2.05, 4.69) is 25.4 Å². The molecule has 0 radical (unpaired) electrons. The number of carbonyl (C=O) groups is 2. The molecule has 0 aliphatic carbocycles. The highest BCUT2D eigenvalue weighted by molar-refractivity contribution is 9.10. The third kappa shape index (κ3) is 3.31. The molecule has 0 aliphatic heterocycles. The van der Waals surface area contributed by atoms with E-state index in [1.54, 1.807) is 0 Å². The number of hydrogen-bond donors (Lipinski definition) is 0. The van der Waals surface area contributed by atoms with Gasteiger partial charge < -0.3 is 9.47 Å². The molecule has 0 N–H and O–H groups in total. The Morgan fingerprint density at radius 1 is 1.38 bits per heavy atom. The Morgan fingerprint density at radius 2 is 1.94 bits per heavy atom. The average molecular weight is 307 g/mol. The minimum atomic E-state index is -0.888. The van der Waals surface area contributed by atoms with E-state index in [1.807, 2.05) is 11.4 Å². The highest BCUT2D eigenvalue weighted by Crippen LogP contribution is 2.23. The van der Waals surface area contributed by atoms with Gasteiger partial charge in [-0.25, -0.2) is 0 Å². The second kappa shape index (κ2) is 6.00. The van der Waals surface area contributed by atoms with Crippen LogP contribution in [0.1, 0.15) is 4.88 Å². The van der Waals surface area contributed by atoms with Crippen molar-refractivity contribution in [2.24, 2.45) is 5.92 Å². The predicted molar refractivity (Wildman–Crippen MR) is 63.2 cm³/mol. The highest BCUT2D eigenvalue weighted by Gasteiger charge is 2.29. The molecule has 4 nitrogen and oxygen atoms in total. The Kier molecular flexibility index (Phi) is 4.95. The number of rotatable bonds is 4. The third-order valence-corrected chi connectivity index (χ3v) is 3.72. The monoisotopic (exact) mass is 306 g/mol. The van der Waals surface area contributed by atoms with Crippen LogP contribution in [0.15, 0.2) is 15.9 Å². The Bertz CT molecular complexity index is 372. The first kappa shape index (κ1) is 13.2. The van der Waals surface area contributed by atoms with Crippen LogP contribution in [0.3, 0.4) is 0 Å². The van der Waals surface area contributed by atoms with E-state index in [4.69, 9.17) is 0 Å². The van der Waals surface area contributed by atoms with Gasteiger partial charge in [-0.1, -0.05) is 0 Å². The Labute approximate surface area is 106 Å². The molecule has 0 atom stereocenters. The molecule has 1 rings (SSSR count). The lowest BCUT2D eigenvalue weighted by atomic mass is 10.1. The van der Waals surface area contributed by atoms with E-state index >= 15 is 0 Å². The molecule has 1 aromatic rings. The van der Waals surface area contributed by atoms with Crippen molar-refractivity contribution < 1.29 is 19.1 Å². The zero-order chi connectivity index (χ0) is 12.1. The molecule has 88 valence electrons. The highest BCUT2D eigenvalue weighted by atomic mass is 79.9. The molecule has 0 spiro atoms. The SMILES string of the molecule is COC(=O)C(Cc1cc(Br)cs1)C(=O)OC. The number of methoxy groups -OCH3 is 2. The molecule has 1 heterocycles. The number of carbonyl (C=O) groups excluding carboxylic acids is 2. The number of ether oxygens (including phenoxy) is 2. The molecule has 0 fully saturated rings. The molecule has 0 unspecified atom stereocenters. The van der Waals surface area contributed by atoms with Crippen LogP contribution in [0.4, 0.5) is 0 Å². The maximum Gasteiger partial charge on any atom is 0.320 e. The molecule has 0 saturated heterocycles. The van der Waals surface area contributed by atoms with Gasteiger partial charge in [0.05, 0.1) is 14.2 Å². The average Bonchev–Trinajstić information content (AvgIpc) is 2.69. The molecular formula is C10H11BrO4S. The minimum absolute atomic E-state index is 0.301. The summed E-state index contributed by atoms with van der Waals surface area (Å²) < 4.78 is 10.1. The second-order valence-electron chi connectivity index (χ2n) is 3.03. The maximum absolute atomic E-state index is 11.4. The normalized spacial score (nSPS) is 10.2. The molecule has 16 heavy (non-hydrogen) atoms. The summed E-state index contributed by atoms with van der Waals surface area (Å²) in [5, 5.41) is 1.89. The van der Waals surface area contributed by atoms with Crippen molar-refractivity contribution in [1.29, 1.82) is 0 Å². The minimum Gasteiger partial charge on any atom is -0.468 e. The van der Waals surface area contributed by atoms with Gasteiger partial charge in [-0.2, -0.15) is 0 Å². The molecule has 0 aliphatic rings. The summed E-state index contributed by atoms with van der Waals surface area (Å²) in [5.74, 6) is -2.03. The maximum atomic E-state index is 11.4. The smallest absolute Gasteiger partial charge is 0.320 e. The molecular weight excluding hydrogens is 296 g/mol. The van der Waals surface area contributed by atoms with Gasteiger partial charge in [0, 0.05) is 21.2 Å². The van der Waals surface area contributed by atoms with Crippen molar-refractivity contribution in [3.8, 4) is 0 Å². The van der Waals surface area contributed by atoms with Crippen LogP contribution in [0.25, 0.3) is 0 Å². The van der Waals surface area contributed by atoms with Crippen LogP contribution in [0.2, 0.25) is 0 Å². The topological polar surface area (TPSA) is 52.6 Å². The fourth-order valence-electron chi connectivity index (χ4n) is 1.21. The fraction of sp³-hybridized carbons (Fsp3) is 0.400. The molecule has 6 heteroatoms. The number of thiophene rings is 1. The summed E-state index contributed by atoms with van der Waals surface area (Å²) in [4.78, 5) is 23.7. The van der Waals surface area contributed by atoms with Gasteiger partial charge in [-0.05, 0) is 22.0 Å². The van der Waals surface area contributed by atoms with E-state index in [0.717, 1.165) is 9.35 Å². The van der Waals surface area contributed by atoms with Crippen LogP contribution in [0, 0.1) is 5.92 Å². The van der Waals surface area contributed by atoms with Gasteiger partial charge in [0.25, 0.3) is 0 Å². The van der Waals surface area contributed by atoms with Crippen molar-refractivity contribution in [2.75, 3.05) is 14.2 Å². The number of halogens is 1. The van der Waals surface area contributed by atoms with Crippen LogP contribution in [0.5, 0.6) is 0 Å². The third-order valence-electron chi connectivity index (χ3n) is 2.00. The van der Waals surface area contributed by atoms with E-state index in [1.165, 1.54) is 25.6 Å². The summed E-state index contributed by atoms with van der Waals surface area (Å²) in [5.41, 5.74) is 0. The summed E-state index contributed by atoms with van der Waals surface area (Å²) in [6.07, 6.45) is 0.301. The van der Waals surface area contributed by atoms with E-state index in [-0.39, 0.29) is 0 Å². The lowest BCUT2D eigenvalue weighted by molar-refractivity contribution is -0.158. The zero-order valence-corrected chi connectivity index (χ0v) is 11.3. The van der Waals surface area contributed by atoms with Gasteiger partial charge >= 0.3 is 11.9 Å². The van der Waals surface area contributed by atoms with E-state index in [0.29, 0.717) is 6.42 Å². The van der Waals surface area contributed by atoms with Crippen molar-refractivity contribution in [2.45, 2.75) is 6.42 Å². The number of esters is 2. The summed E-state index contributed by atoms with van der Waals surface area (Å²) >= 11 is 4.78. The summed E-state index contributed by atoms with van der Waals surface area (Å²) in [7, 11) is 2.51. The first-order valence-corrected chi connectivity index (χ1v) is 6.14. The van der Waals surface area contributed by atoms with Gasteiger partial charge in [-0.15, -0.1) is 11.3 Å². The predicted octanol–water partition coefficient (Wildman–Crippen LogP) is 2.02. The van der Waals surface area contributed by atoms with Crippen LogP contribution in [-0.4, -0.2) is 26.2 Å². The largest absolute Gasteiger partial charge is 0.468 e. The van der Waals surface area contributed by atoms with Crippen LogP contribution in [-0.2, 0) is 25.5 Å². The van der Waals surface area contributed by atoms with Gasteiger partial charge in [0.2, 0.25) is 0 Å². The quantitative estimate of drug-likeness (QED) is 0.631. The molecule has 0 saturated carbocycles. The van der Waals surface area contributed by atoms with Crippen molar-refractivity contribution >= 4 is 39.2 Å². The summed E-state index contributed by atoms with van der Waals surface area (Å²) in [6, 6.07) is 1.86. The fourth-order valence-corrected chi connectivity index (χ4v) is 2.71. The standard InChI is InChI=1S/C10H11BrO4S/c1-14-9(12)8(10(13)15-2)4-7-3-6(11)5-16-7/h3,5,8H,4H2,1-2H3. The van der Waals surface area contributed by atoms with Gasteiger partial charge in [-0.3, -0.25) is 9.59 Å². The van der Waals surface area contributed by atoms with Crippen LogP contribution >= 0.6 is 27.3 Å². The second-order valence-corrected chi connectivity index (χ2v) is 4.95. The lowest BCUT2D eigenvalue weighted by Crippen LogP contribution is -2.28. The van der Waals surface area contributed by atoms with E-state index in [9.17, 15) is 9.59 Å². The molecule has 0 bridgehead atoms. The Balaban J connectivity index is 2.78. The zero-order valence-electron chi connectivity index (χ0n) is 8.86. The Morgan fingerprint density at radius 3 is 2.31 bits per heavy atom. The van der Waals surface area contributed by atoms with Crippen molar-refractivity contribution in [1.82, 2.24) is 0 Å². The molecule has 1 aromatic heterocycles. The Hall–Kier alpha value is -0.880. The van der Waals surface area contributed by atoms with E-state index < -0.39 is 17.9 Å². The van der Waals surface area contributed by atoms with Gasteiger partial charge in [0.15, 0.2) is 5.92 Å². The van der Waals surface area contributed by atoms with Crippen molar-refractivity contribution in [3.05, 3.63) is 20.8 Å². The van der Waals surface area contributed by atoms with Crippen molar-refractivity contribution in [3.63, 3.8) is 0 Å². The summed E-state index contributed by atoms with van der Waals surface area (Å²) in [6.45, 7) is 0. The van der Waals surface area contributed by atoms with Gasteiger partial charge in [0.1, 0.15) is 0 Å². The molecule has 0 aromatic carbocycles. The number of hydrogen-bond acceptors (Lipinski definition) is 5. The first-order chi connectivity index (χ1) is 7.58. The van der Waals surface area contributed by atoms with Crippen LogP contribution < -0.4 is 0 Å². The molecule has 0 amide bonds. The lowest BCUT2D eigenvalue weighted by Gasteiger charge is -2.10.